The lowest BCUT2D eigenvalue weighted by atomic mass is 10.1. The number of rotatable bonds is 12. The van der Waals surface area contributed by atoms with Gasteiger partial charge in [0.2, 0.25) is 0 Å². The van der Waals surface area contributed by atoms with Gasteiger partial charge in [-0.1, -0.05) is 80.0 Å². The molecule has 1 fully saturated rings. The van der Waals surface area contributed by atoms with Crippen LogP contribution >= 0.6 is 47.2 Å². The summed E-state index contributed by atoms with van der Waals surface area (Å²) in [4.78, 5) is 25.7. The third-order valence-electron chi connectivity index (χ3n) is 4.65. The minimum atomic E-state index is -0.716. The standard InChI is InChI=1S/C21H25Cl2NO3S2/c22-16-11-10-15(17(23)14-16)13-18-20(28)24(21(27)29-18)12-8-6-4-2-1-3-5-7-9-19(25)26/h10-11,13-14H,1-9,12H2,(H,25,26). The minimum Gasteiger partial charge on any atom is -0.481 e. The molecule has 0 saturated carbocycles. The van der Waals surface area contributed by atoms with E-state index in [-0.39, 0.29) is 11.7 Å². The lowest BCUT2D eigenvalue weighted by Gasteiger charge is -2.14. The molecular weight excluding hydrogens is 449 g/mol. The molecule has 0 spiro atoms. The maximum absolute atomic E-state index is 12.3. The number of carbonyl (C=O) groups excluding carboxylic acids is 1. The Morgan fingerprint density at radius 1 is 1.07 bits per heavy atom. The van der Waals surface area contributed by atoms with Gasteiger partial charge in [-0.2, -0.15) is 0 Å². The Hall–Kier alpha value is -1.08. The molecule has 29 heavy (non-hydrogen) atoms. The number of amides is 1. The van der Waals surface area contributed by atoms with Crippen LogP contribution in [0.5, 0.6) is 0 Å². The molecule has 2 rings (SSSR count). The fraction of sp³-hybridized carbons (Fsp3) is 0.476. The van der Waals surface area contributed by atoms with E-state index in [1.54, 1.807) is 17.0 Å². The highest BCUT2D eigenvalue weighted by molar-refractivity contribution is 8.19. The van der Waals surface area contributed by atoms with E-state index in [0.717, 1.165) is 73.6 Å². The van der Waals surface area contributed by atoms with Gasteiger partial charge in [0.1, 0.15) is 4.99 Å². The second kappa shape index (κ2) is 12.6. The molecule has 1 heterocycles. The topological polar surface area (TPSA) is 57.6 Å². The molecule has 0 unspecified atom stereocenters. The molecule has 0 aliphatic carbocycles. The number of hydrogen-bond donors (Lipinski definition) is 1. The molecule has 0 atom stereocenters. The first-order valence-electron chi connectivity index (χ1n) is 9.80. The molecule has 1 N–H and O–H groups in total. The van der Waals surface area contributed by atoms with Crippen LogP contribution in [0.25, 0.3) is 6.08 Å². The number of thioether (sulfide) groups is 1. The van der Waals surface area contributed by atoms with Crippen molar-refractivity contribution in [3.05, 3.63) is 38.7 Å². The molecule has 1 saturated heterocycles. The smallest absolute Gasteiger partial charge is 0.303 e. The van der Waals surface area contributed by atoms with Crippen LogP contribution < -0.4 is 0 Å². The SMILES string of the molecule is O=C(O)CCCCCCCCCCN1C(=O)SC(=Cc2ccc(Cl)cc2Cl)C1=S. The van der Waals surface area contributed by atoms with Crippen molar-refractivity contribution < 1.29 is 14.7 Å². The zero-order valence-electron chi connectivity index (χ0n) is 16.2. The molecule has 4 nitrogen and oxygen atoms in total. The average molecular weight is 474 g/mol. The van der Waals surface area contributed by atoms with E-state index >= 15 is 0 Å². The molecule has 1 aromatic rings. The number of nitrogens with zero attached hydrogens (tertiary/aromatic N) is 1. The van der Waals surface area contributed by atoms with Gasteiger partial charge in [0.05, 0.1) is 4.91 Å². The van der Waals surface area contributed by atoms with Crippen molar-refractivity contribution >= 4 is 69.5 Å². The van der Waals surface area contributed by atoms with Crippen molar-refractivity contribution in [1.29, 1.82) is 0 Å². The Bertz CT molecular complexity index is 783. The van der Waals surface area contributed by atoms with Gasteiger partial charge in [0.15, 0.2) is 0 Å². The molecule has 1 aromatic carbocycles. The van der Waals surface area contributed by atoms with Crippen molar-refractivity contribution in [2.75, 3.05) is 6.54 Å². The van der Waals surface area contributed by atoms with Crippen LogP contribution in [0, 0.1) is 0 Å². The third kappa shape index (κ3) is 8.28. The lowest BCUT2D eigenvalue weighted by molar-refractivity contribution is -0.137. The number of benzene rings is 1. The van der Waals surface area contributed by atoms with Gasteiger partial charge in [-0.3, -0.25) is 14.5 Å². The van der Waals surface area contributed by atoms with Gasteiger partial charge in [-0.25, -0.2) is 0 Å². The summed E-state index contributed by atoms with van der Waals surface area (Å²) in [6.07, 6.45) is 10.3. The monoisotopic (exact) mass is 473 g/mol. The fourth-order valence-corrected chi connectivity index (χ4v) is 4.80. The van der Waals surface area contributed by atoms with Gasteiger partial charge in [-0.15, -0.1) is 0 Å². The second-order valence-corrected chi connectivity index (χ2v) is 9.19. The number of carboxylic acids is 1. The molecule has 8 heteroatoms. The summed E-state index contributed by atoms with van der Waals surface area (Å²) >= 11 is 18.8. The van der Waals surface area contributed by atoms with Crippen molar-refractivity contribution in [1.82, 2.24) is 4.90 Å². The van der Waals surface area contributed by atoms with Crippen LogP contribution in [0.1, 0.15) is 63.4 Å². The van der Waals surface area contributed by atoms with Gasteiger partial charge in [0, 0.05) is 23.0 Å². The molecule has 1 aliphatic heterocycles. The predicted octanol–water partition coefficient (Wildman–Crippen LogP) is 7.43. The maximum atomic E-state index is 12.3. The summed E-state index contributed by atoms with van der Waals surface area (Å²) in [5.74, 6) is -0.716. The number of aliphatic carboxylic acids is 1. The molecule has 1 aliphatic rings. The van der Waals surface area contributed by atoms with Crippen LogP contribution in [0.15, 0.2) is 23.1 Å². The number of carboxylic acid groups (broad SMARTS) is 1. The Morgan fingerprint density at radius 3 is 2.31 bits per heavy atom. The van der Waals surface area contributed by atoms with Crippen LogP contribution in [0.3, 0.4) is 0 Å². The quantitative estimate of drug-likeness (QED) is 0.194. The summed E-state index contributed by atoms with van der Waals surface area (Å²) in [5, 5.41) is 9.66. The van der Waals surface area contributed by atoms with Gasteiger partial charge in [-0.05, 0) is 48.4 Å². The highest BCUT2D eigenvalue weighted by Gasteiger charge is 2.31. The van der Waals surface area contributed by atoms with E-state index < -0.39 is 5.97 Å². The number of carbonyl (C=O) groups is 2. The first-order chi connectivity index (χ1) is 13.9. The highest BCUT2D eigenvalue weighted by Crippen LogP contribution is 2.35. The summed E-state index contributed by atoms with van der Waals surface area (Å²) < 4.78 is 0. The second-order valence-electron chi connectivity index (χ2n) is 6.97. The van der Waals surface area contributed by atoms with Crippen molar-refractivity contribution in [3.63, 3.8) is 0 Å². The zero-order valence-corrected chi connectivity index (χ0v) is 19.3. The summed E-state index contributed by atoms with van der Waals surface area (Å²) in [5.41, 5.74) is 0.791. The van der Waals surface area contributed by atoms with Crippen LogP contribution in [-0.2, 0) is 4.79 Å². The van der Waals surface area contributed by atoms with Gasteiger partial charge < -0.3 is 5.11 Å². The number of thiocarbonyl (C=S) groups is 1. The summed E-state index contributed by atoms with van der Waals surface area (Å²) in [6, 6.07) is 5.24. The first-order valence-corrected chi connectivity index (χ1v) is 11.8. The number of hydrogen-bond acceptors (Lipinski definition) is 4. The van der Waals surface area contributed by atoms with Crippen LogP contribution in [-0.4, -0.2) is 32.7 Å². The number of unbranched alkanes of at least 4 members (excludes halogenated alkanes) is 7. The van der Waals surface area contributed by atoms with Crippen molar-refractivity contribution in [2.45, 2.75) is 57.8 Å². The van der Waals surface area contributed by atoms with E-state index in [0.29, 0.717) is 21.6 Å². The van der Waals surface area contributed by atoms with E-state index in [2.05, 4.69) is 0 Å². The third-order valence-corrected chi connectivity index (χ3v) is 6.70. The Morgan fingerprint density at radius 2 is 1.69 bits per heavy atom. The maximum Gasteiger partial charge on any atom is 0.303 e. The lowest BCUT2D eigenvalue weighted by Crippen LogP contribution is -2.27. The van der Waals surface area contributed by atoms with Crippen molar-refractivity contribution in [3.8, 4) is 0 Å². The van der Waals surface area contributed by atoms with Gasteiger partial charge >= 0.3 is 5.97 Å². The summed E-state index contributed by atoms with van der Waals surface area (Å²) in [6.45, 7) is 0.634. The van der Waals surface area contributed by atoms with Gasteiger partial charge in [0.25, 0.3) is 5.24 Å². The molecule has 0 aromatic heterocycles. The van der Waals surface area contributed by atoms with E-state index in [4.69, 9.17) is 40.5 Å². The van der Waals surface area contributed by atoms with E-state index in [1.165, 1.54) is 0 Å². The normalized spacial score (nSPS) is 15.5. The van der Waals surface area contributed by atoms with E-state index in [9.17, 15) is 9.59 Å². The Kier molecular flexibility index (Phi) is 10.5. The zero-order chi connectivity index (χ0) is 21.2. The molecule has 0 bridgehead atoms. The Labute approximate surface area is 191 Å². The molecule has 0 radical (unpaired) electrons. The highest BCUT2D eigenvalue weighted by atomic mass is 35.5. The molecule has 158 valence electrons. The Balaban J connectivity index is 1.68. The average Bonchev–Trinajstić information content (AvgIpc) is 2.92. The first kappa shape index (κ1) is 24.2. The van der Waals surface area contributed by atoms with E-state index in [1.807, 2.05) is 12.1 Å². The predicted molar refractivity (Wildman–Crippen MR) is 126 cm³/mol. The minimum absolute atomic E-state index is 0.0373. The van der Waals surface area contributed by atoms with Crippen LogP contribution in [0.4, 0.5) is 4.79 Å². The molecular formula is C21H25Cl2NO3S2. The largest absolute Gasteiger partial charge is 0.481 e. The van der Waals surface area contributed by atoms with Crippen LogP contribution in [0.2, 0.25) is 10.0 Å². The molecule has 1 amide bonds. The number of halogens is 2. The summed E-state index contributed by atoms with van der Waals surface area (Å²) in [7, 11) is 0. The fourth-order valence-electron chi connectivity index (χ4n) is 3.06. The van der Waals surface area contributed by atoms with Crippen molar-refractivity contribution in [2.24, 2.45) is 0 Å².